The van der Waals surface area contributed by atoms with E-state index < -0.39 is 0 Å². The van der Waals surface area contributed by atoms with E-state index in [9.17, 15) is 0 Å². The molecule has 3 nitrogen and oxygen atoms in total. The van der Waals surface area contributed by atoms with Crippen LogP contribution in [0.1, 0.15) is 18.9 Å². The molecule has 0 aromatic heterocycles. The normalized spacial score (nSPS) is 24.4. The largest absolute Gasteiger partial charge is 0.365 e. The molecule has 17 heavy (non-hydrogen) atoms. The van der Waals surface area contributed by atoms with Gasteiger partial charge in [0, 0.05) is 24.8 Å². The van der Waals surface area contributed by atoms with Crippen molar-refractivity contribution >= 4 is 5.69 Å². The summed E-state index contributed by atoms with van der Waals surface area (Å²) in [6.45, 7) is 6.15. The second kappa shape index (κ2) is 5.20. The average Bonchev–Trinajstić information content (AvgIpc) is 2.32. The first kappa shape index (κ1) is 11.9. The van der Waals surface area contributed by atoms with Crippen LogP contribution in [0.4, 0.5) is 5.69 Å². The van der Waals surface area contributed by atoms with Crippen LogP contribution in [0.15, 0.2) is 24.3 Å². The minimum absolute atomic E-state index is 0.290. The average molecular weight is 229 g/mol. The van der Waals surface area contributed by atoms with Gasteiger partial charge < -0.3 is 10.2 Å². The maximum absolute atomic E-state index is 8.90. The maximum atomic E-state index is 8.90. The van der Waals surface area contributed by atoms with Gasteiger partial charge in [-0.15, -0.1) is 0 Å². The van der Waals surface area contributed by atoms with Crippen molar-refractivity contribution in [1.29, 1.82) is 5.26 Å². The van der Waals surface area contributed by atoms with E-state index in [-0.39, 0.29) is 6.04 Å². The Morgan fingerprint density at radius 1 is 1.53 bits per heavy atom. The number of rotatable bonds is 2. The number of hydrogen-bond acceptors (Lipinski definition) is 3. The number of nitrogens with one attached hydrogen (secondary N) is 1. The predicted molar refractivity (Wildman–Crippen MR) is 70.0 cm³/mol. The SMILES string of the molecule is Cc1cccc(N2CC(C)NCC2CC#N)c1. The van der Waals surface area contributed by atoms with Crippen LogP contribution < -0.4 is 10.2 Å². The summed E-state index contributed by atoms with van der Waals surface area (Å²) < 4.78 is 0. The van der Waals surface area contributed by atoms with Gasteiger partial charge in [0.1, 0.15) is 0 Å². The highest BCUT2D eigenvalue weighted by Crippen LogP contribution is 2.22. The number of nitriles is 1. The monoisotopic (exact) mass is 229 g/mol. The molecule has 90 valence electrons. The number of hydrogen-bond donors (Lipinski definition) is 1. The summed E-state index contributed by atoms with van der Waals surface area (Å²) in [6, 6.07) is 11.6. The standard InChI is InChI=1S/C14H19N3/c1-11-4-3-5-13(8-11)17-10-12(2)16-9-14(17)6-7-15/h3-5,8,12,14,16H,6,9-10H2,1-2H3. The lowest BCUT2D eigenvalue weighted by Gasteiger charge is -2.40. The molecule has 1 fully saturated rings. The summed E-state index contributed by atoms with van der Waals surface area (Å²) >= 11 is 0. The molecule has 0 bridgehead atoms. The van der Waals surface area contributed by atoms with Gasteiger partial charge in [0.05, 0.1) is 18.5 Å². The van der Waals surface area contributed by atoms with Gasteiger partial charge in [0.2, 0.25) is 0 Å². The Labute approximate surface area is 103 Å². The summed E-state index contributed by atoms with van der Waals surface area (Å²) in [4.78, 5) is 2.36. The molecule has 0 saturated carbocycles. The first-order valence-electron chi connectivity index (χ1n) is 6.14. The Morgan fingerprint density at radius 2 is 2.35 bits per heavy atom. The maximum Gasteiger partial charge on any atom is 0.0643 e. The first-order chi connectivity index (χ1) is 8.20. The lowest BCUT2D eigenvalue weighted by molar-refractivity contribution is 0.412. The molecule has 0 aliphatic carbocycles. The smallest absolute Gasteiger partial charge is 0.0643 e. The van der Waals surface area contributed by atoms with Crippen molar-refractivity contribution in [3.63, 3.8) is 0 Å². The Morgan fingerprint density at radius 3 is 3.06 bits per heavy atom. The van der Waals surface area contributed by atoms with Gasteiger partial charge >= 0.3 is 0 Å². The minimum Gasteiger partial charge on any atom is -0.365 e. The van der Waals surface area contributed by atoms with Gasteiger partial charge in [-0.2, -0.15) is 5.26 Å². The molecule has 3 heteroatoms. The molecule has 1 aliphatic rings. The van der Waals surface area contributed by atoms with Crippen molar-refractivity contribution in [2.45, 2.75) is 32.4 Å². The van der Waals surface area contributed by atoms with Crippen LogP contribution in [0, 0.1) is 18.3 Å². The number of piperazine rings is 1. The van der Waals surface area contributed by atoms with Crippen molar-refractivity contribution in [2.75, 3.05) is 18.0 Å². The lowest BCUT2D eigenvalue weighted by atomic mass is 10.1. The van der Waals surface area contributed by atoms with Crippen LogP contribution >= 0.6 is 0 Å². The van der Waals surface area contributed by atoms with Crippen LogP contribution in [0.3, 0.4) is 0 Å². The zero-order valence-corrected chi connectivity index (χ0v) is 10.5. The summed E-state index contributed by atoms with van der Waals surface area (Å²) in [7, 11) is 0. The molecule has 1 aromatic rings. The van der Waals surface area contributed by atoms with Crippen LogP contribution in [-0.2, 0) is 0 Å². The fraction of sp³-hybridized carbons (Fsp3) is 0.500. The molecular formula is C14H19N3. The van der Waals surface area contributed by atoms with Crippen molar-refractivity contribution in [2.24, 2.45) is 0 Å². The van der Waals surface area contributed by atoms with E-state index in [2.05, 4.69) is 54.4 Å². The molecule has 0 spiro atoms. The first-order valence-corrected chi connectivity index (χ1v) is 6.14. The second-order valence-electron chi connectivity index (χ2n) is 4.82. The Kier molecular flexibility index (Phi) is 3.65. The number of anilines is 1. The third-order valence-corrected chi connectivity index (χ3v) is 3.27. The van der Waals surface area contributed by atoms with E-state index in [4.69, 9.17) is 5.26 Å². The minimum atomic E-state index is 0.290. The van der Waals surface area contributed by atoms with Gasteiger partial charge in [-0.25, -0.2) is 0 Å². The molecule has 1 aliphatic heterocycles. The Bertz CT molecular complexity index is 422. The van der Waals surface area contributed by atoms with Gasteiger partial charge in [0.25, 0.3) is 0 Å². The number of benzene rings is 1. The molecule has 0 radical (unpaired) electrons. The topological polar surface area (TPSA) is 39.1 Å². The predicted octanol–water partition coefficient (Wildman–Crippen LogP) is 2.08. The number of nitrogens with zero attached hydrogens (tertiary/aromatic N) is 2. The van der Waals surface area contributed by atoms with Crippen molar-refractivity contribution in [3.05, 3.63) is 29.8 Å². The van der Waals surface area contributed by atoms with Crippen molar-refractivity contribution in [1.82, 2.24) is 5.32 Å². The zero-order chi connectivity index (χ0) is 12.3. The van der Waals surface area contributed by atoms with E-state index in [0.29, 0.717) is 12.5 Å². The molecule has 1 aromatic carbocycles. The summed E-state index contributed by atoms with van der Waals surface area (Å²) in [5.74, 6) is 0. The van der Waals surface area contributed by atoms with Gasteiger partial charge in [-0.3, -0.25) is 0 Å². The van der Waals surface area contributed by atoms with Crippen molar-refractivity contribution < 1.29 is 0 Å². The molecular weight excluding hydrogens is 210 g/mol. The summed E-state index contributed by atoms with van der Waals surface area (Å²) in [5, 5.41) is 12.3. The Balaban J connectivity index is 2.23. The van der Waals surface area contributed by atoms with Gasteiger partial charge in [-0.05, 0) is 31.5 Å². The van der Waals surface area contributed by atoms with E-state index >= 15 is 0 Å². The van der Waals surface area contributed by atoms with Crippen LogP contribution in [0.5, 0.6) is 0 Å². The number of aryl methyl sites for hydroxylation is 1. The molecule has 1 N–H and O–H groups in total. The molecule has 1 heterocycles. The van der Waals surface area contributed by atoms with Gasteiger partial charge in [0.15, 0.2) is 0 Å². The van der Waals surface area contributed by atoms with Gasteiger partial charge in [-0.1, -0.05) is 12.1 Å². The molecule has 1 saturated heterocycles. The van der Waals surface area contributed by atoms with E-state index in [1.54, 1.807) is 0 Å². The molecule has 2 atom stereocenters. The van der Waals surface area contributed by atoms with Crippen LogP contribution in [0.25, 0.3) is 0 Å². The highest BCUT2D eigenvalue weighted by atomic mass is 15.2. The fourth-order valence-electron chi connectivity index (χ4n) is 2.37. The quantitative estimate of drug-likeness (QED) is 0.844. The van der Waals surface area contributed by atoms with Crippen LogP contribution in [0.2, 0.25) is 0 Å². The highest BCUT2D eigenvalue weighted by molar-refractivity contribution is 5.50. The fourth-order valence-corrected chi connectivity index (χ4v) is 2.37. The van der Waals surface area contributed by atoms with Crippen LogP contribution in [-0.4, -0.2) is 25.2 Å². The second-order valence-corrected chi connectivity index (χ2v) is 4.82. The van der Waals surface area contributed by atoms with Crippen molar-refractivity contribution in [3.8, 4) is 6.07 Å². The van der Waals surface area contributed by atoms with E-state index in [0.717, 1.165) is 13.1 Å². The third-order valence-electron chi connectivity index (χ3n) is 3.27. The lowest BCUT2D eigenvalue weighted by Crippen LogP contribution is -2.55. The third kappa shape index (κ3) is 2.78. The summed E-state index contributed by atoms with van der Waals surface area (Å²) in [5.41, 5.74) is 2.50. The molecule has 2 rings (SSSR count). The molecule has 2 unspecified atom stereocenters. The Hall–Kier alpha value is -1.53. The molecule has 0 amide bonds. The zero-order valence-electron chi connectivity index (χ0n) is 10.5. The summed E-state index contributed by atoms with van der Waals surface area (Å²) in [6.07, 6.45) is 0.577. The highest BCUT2D eigenvalue weighted by Gasteiger charge is 2.25. The van der Waals surface area contributed by atoms with E-state index in [1.165, 1.54) is 11.3 Å². The van der Waals surface area contributed by atoms with E-state index in [1.807, 2.05) is 0 Å².